The zero-order valence-electron chi connectivity index (χ0n) is 11.9. The van der Waals surface area contributed by atoms with E-state index in [9.17, 15) is 13.2 Å². The Kier molecular flexibility index (Phi) is 4.70. The van der Waals surface area contributed by atoms with Crippen molar-refractivity contribution in [1.29, 1.82) is 0 Å². The maximum Gasteiger partial charge on any atom is 0.416 e. The summed E-state index contributed by atoms with van der Waals surface area (Å²) < 4.78 is 38.3. The summed E-state index contributed by atoms with van der Waals surface area (Å²) in [6, 6.07) is 6.05. The largest absolute Gasteiger partial charge is 0.416 e. The van der Waals surface area contributed by atoms with Gasteiger partial charge < -0.3 is 5.32 Å². The Morgan fingerprint density at radius 1 is 1.40 bits per heavy atom. The van der Waals surface area contributed by atoms with Crippen molar-refractivity contribution in [2.45, 2.75) is 38.0 Å². The molecule has 2 unspecified atom stereocenters. The summed E-state index contributed by atoms with van der Waals surface area (Å²) in [5.74, 6) is 0. The Balaban J connectivity index is 2.15. The van der Waals surface area contributed by atoms with Crippen LogP contribution in [0.2, 0.25) is 0 Å². The standard InChI is InChI=1S/C15H21F3N2/c1-11-5-4-8-20(11)10-14(19-2)12-6-3-7-13(9-12)15(16,17)18/h3,6-7,9,11,14,19H,4-5,8,10H2,1-2H3. The zero-order chi connectivity index (χ0) is 14.8. The molecule has 1 aromatic rings. The van der Waals surface area contributed by atoms with Crippen LogP contribution in [-0.4, -0.2) is 31.1 Å². The molecule has 1 N–H and O–H groups in total. The highest BCUT2D eigenvalue weighted by molar-refractivity contribution is 5.28. The number of benzene rings is 1. The predicted molar refractivity (Wildman–Crippen MR) is 73.5 cm³/mol. The number of nitrogens with one attached hydrogen (secondary N) is 1. The average Bonchev–Trinajstić information content (AvgIpc) is 2.80. The quantitative estimate of drug-likeness (QED) is 0.912. The van der Waals surface area contributed by atoms with Crippen LogP contribution in [0, 0.1) is 0 Å². The molecule has 2 nitrogen and oxygen atoms in total. The first-order chi connectivity index (χ1) is 9.41. The maximum atomic E-state index is 12.8. The fourth-order valence-electron chi connectivity index (χ4n) is 2.79. The number of halogens is 3. The Hall–Kier alpha value is -1.07. The van der Waals surface area contributed by atoms with Gasteiger partial charge in [-0.2, -0.15) is 13.2 Å². The van der Waals surface area contributed by atoms with Gasteiger partial charge in [-0.25, -0.2) is 0 Å². The SMILES string of the molecule is CNC(CN1CCCC1C)c1cccc(C(F)(F)F)c1. The summed E-state index contributed by atoms with van der Waals surface area (Å²) in [4.78, 5) is 2.33. The van der Waals surface area contributed by atoms with E-state index in [1.165, 1.54) is 25.0 Å². The van der Waals surface area contributed by atoms with E-state index in [-0.39, 0.29) is 6.04 Å². The minimum absolute atomic E-state index is 0.0714. The molecule has 0 saturated carbocycles. The van der Waals surface area contributed by atoms with Crippen molar-refractivity contribution >= 4 is 0 Å². The Bertz CT molecular complexity index is 445. The summed E-state index contributed by atoms with van der Waals surface area (Å²) in [7, 11) is 1.80. The summed E-state index contributed by atoms with van der Waals surface area (Å²) >= 11 is 0. The van der Waals surface area contributed by atoms with E-state index in [4.69, 9.17) is 0 Å². The average molecular weight is 286 g/mol. The third kappa shape index (κ3) is 3.52. The maximum absolute atomic E-state index is 12.8. The van der Waals surface area contributed by atoms with Crippen LogP contribution in [0.15, 0.2) is 24.3 Å². The highest BCUT2D eigenvalue weighted by Crippen LogP contribution is 2.31. The highest BCUT2D eigenvalue weighted by Gasteiger charge is 2.31. The van der Waals surface area contributed by atoms with Crippen molar-refractivity contribution in [2.75, 3.05) is 20.1 Å². The van der Waals surface area contributed by atoms with Crippen molar-refractivity contribution in [2.24, 2.45) is 0 Å². The first-order valence-corrected chi connectivity index (χ1v) is 7.00. The van der Waals surface area contributed by atoms with Crippen LogP contribution in [0.1, 0.15) is 36.9 Å². The van der Waals surface area contributed by atoms with Gasteiger partial charge in [0, 0.05) is 18.6 Å². The van der Waals surface area contributed by atoms with Crippen LogP contribution in [0.5, 0.6) is 0 Å². The molecule has 1 aromatic carbocycles. The zero-order valence-corrected chi connectivity index (χ0v) is 11.9. The molecule has 0 aromatic heterocycles. The topological polar surface area (TPSA) is 15.3 Å². The van der Waals surface area contributed by atoms with E-state index in [0.717, 1.165) is 19.2 Å². The lowest BCUT2D eigenvalue weighted by Gasteiger charge is -2.27. The van der Waals surface area contributed by atoms with Gasteiger partial charge in [0.25, 0.3) is 0 Å². The number of nitrogens with zero attached hydrogens (tertiary/aromatic N) is 1. The Morgan fingerprint density at radius 3 is 2.70 bits per heavy atom. The number of rotatable bonds is 4. The smallest absolute Gasteiger partial charge is 0.312 e. The van der Waals surface area contributed by atoms with Gasteiger partial charge in [0.15, 0.2) is 0 Å². The summed E-state index contributed by atoms with van der Waals surface area (Å²) in [6.07, 6.45) is -1.95. The fourth-order valence-corrected chi connectivity index (χ4v) is 2.79. The van der Waals surface area contributed by atoms with Gasteiger partial charge in [-0.1, -0.05) is 12.1 Å². The lowest BCUT2D eigenvalue weighted by molar-refractivity contribution is -0.137. The molecule has 1 fully saturated rings. The molecule has 1 heterocycles. The van der Waals surface area contributed by atoms with Crippen LogP contribution in [-0.2, 0) is 6.18 Å². The van der Waals surface area contributed by atoms with Gasteiger partial charge >= 0.3 is 6.18 Å². The fraction of sp³-hybridized carbons (Fsp3) is 0.600. The molecule has 20 heavy (non-hydrogen) atoms. The van der Waals surface area contributed by atoms with Crippen LogP contribution in [0.3, 0.4) is 0 Å². The van der Waals surface area contributed by atoms with E-state index < -0.39 is 11.7 Å². The molecule has 2 atom stereocenters. The highest BCUT2D eigenvalue weighted by atomic mass is 19.4. The van der Waals surface area contributed by atoms with Crippen molar-refractivity contribution in [3.63, 3.8) is 0 Å². The van der Waals surface area contributed by atoms with Gasteiger partial charge in [-0.15, -0.1) is 0 Å². The molecule has 0 bridgehead atoms. The molecular weight excluding hydrogens is 265 g/mol. The molecule has 1 aliphatic rings. The first kappa shape index (κ1) is 15.3. The summed E-state index contributed by atoms with van der Waals surface area (Å²) in [5, 5.41) is 3.14. The second-order valence-corrected chi connectivity index (χ2v) is 5.45. The number of hydrogen-bond donors (Lipinski definition) is 1. The molecular formula is C15H21F3N2. The Labute approximate surface area is 118 Å². The lowest BCUT2D eigenvalue weighted by Crippen LogP contribution is -2.35. The number of alkyl halides is 3. The van der Waals surface area contributed by atoms with Crippen molar-refractivity contribution in [3.05, 3.63) is 35.4 Å². The van der Waals surface area contributed by atoms with Crippen molar-refractivity contribution in [3.8, 4) is 0 Å². The summed E-state index contributed by atoms with van der Waals surface area (Å²) in [6.45, 7) is 3.95. The summed E-state index contributed by atoms with van der Waals surface area (Å²) in [5.41, 5.74) is 0.117. The van der Waals surface area contributed by atoms with E-state index in [1.54, 1.807) is 13.1 Å². The molecule has 2 rings (SSSR count). The first-order valence-electron chi connectivity index (χ1n) is 7.00. The number of likely N-dealkylation sites (N-methyl/N-ethyl adjacent to an activating group) is 1. The molecule has 0 amide bonds. The van der Waals surface area contributed by atoms with Gasteiger partial charge in [-0.3, -0.25) is 4.90 Å². The number of likely N-dealkylation sites (tertiary alicyclic amines) is 1. The van der Waals surface area contributed by atoms with Gasteiger partial charge in [-0.05, 0) is 51.1 Å². The van der Waals surface area contributed by atoms with Gasteiger partial charge in [0.1, 0.15) is 0 Å². The second kappa shape index (κ2) is 6.14. The number of hydrogen-bond acceptors (Lipinski definition) is 2. The third-order valence-electron chi connectivity index (χ3n) is 4.07. The molecule has 5 heteroatoms. The van der Waals surface area contributed by atoms with Crippen molar-refractivity contribution in [1.82, 2.24) is 10.2 Å². The Morgan fingerprint density at radius 2 is 2.15 bits per heavy atom. The predicted octanol–water partition coefficient (Wildman–Crippen LogP) is 3.45. The normalized spacial score (nSPS) is 22.1. The van der Waals surface area contributed by atoms with Crippen LogP contribution in [0.25, 0.3) is 0 Å². The molecule has 0 aliphatic carbocycles. The van der Waals surface area contributed by atoms with Gasteiger partial charge in [0.05, 0.1) is 5.56 Å². The second-order valence-electron chi connectivity index (χ2n) is 5.45. The molecule has 1 aliphatic heterocycles. The van der Waals surface area contributed by atoms with E-state index in [2.05, 4.69) is 17.1 Å². The molecule has 1 saturated heterocycles. The van der Waals surface area contributed by atoms with Crippen LogP contribution >= 0.6 is 0 Å². The molecule has 0 spiro atoms. The van der Waals surface area contributed by atoms with Crippen LogP contribution in [0.4, 0.5) is 13.2 Å². The minimum Gasteiger partial charge on any atom is -0.312 e. The van der Waals surface area contributed by atoms with E-state index >= 15 is 0 Å². The van der Waals surface area contributed by atoms with E-state index in [0.29, 0.717) is 11.6 Å². The monoisotopic (exact) mass is 286 g/mol. The van der Waals surface area contributed by atoms with Gasteiger partial charge in [0.2, 0.25) is 0 Å². The minimum atomic E-state index is -4.28. The van der Waals surface area contributed by atoms with Crippen LogP contribution < -0.4 is 5.32 Å². The molecule has 0 radical (unpaired) electrons. The van der Waals surface area contributed by atoms with E-state index in [1.807, 2.05) is 0 Å². The molecule has 112 valence electrons. The third-order valence-corrected chi connectivity index (χ3v) is 4.07. The lowest BCUT2D eigenvalue weighted by atomic mass is 10.0. The van der Waals surface area contributed by atoms with Crippen molar-refractivity contribution < 1.29 is 13.2 Å².